The molecule has 2 aliphatic rings. The second-order valence-corrected chi connectivity index (χ2v) is 6.10. The summed E-state index contributed by atoms with van der Waals surface area (Å²) in [6.45, 7) is 2.42. The number of halogens is 1. The molecule has 2 N–H and O–H groups in total. The predicted molar refractivity (Wildman–Crippen MR) is 73.4 cm³/mol. The van der Waals surface area contributed by atoms with Gasteiger partial charge in [0.25, 0.3) is 0 Å². The Morgan fingerprint density at radius 1 is 1.25 bits per heavy atom. The molecular formula is C12H16IN3. The van der Waals surface area contributed by atoms with Gasteiger partial charge >= 0.3 is 0 Å². The van der Waals surface area contributed by atoms with Crippen molar-refractivity contribution in [2.24, 2.45) is 11.8 Å². The van der Waals surface area contributed by atoms with Gasteiger partial charge in [-0.1, -0.05) is 0 Å². The van der Waals surface area contributed by atoms with E-state index in [1.54, 1.807) is 0 Å². The highest BCUT2D eigenvalue weighted by atomic mass is 127. The molecule has 0 radical (unpaired) electrons. The van der Waals surface area contributed by atoms with Gasteiger partial charge in [-0.05, 0) is 72.5 Å². The van der Waals surface area contributed by atoms with Crippen LogP contribution >= 0.6 is 22.6 Å². The predicted octanol–water partition coefficient (Wildman–Crippen LogP) is 2.10. The summed E-state index contributed by atoms with van der Waals surface area (Å²) in [5.74, 6) is 2.81. The van der Waals surface area contributed by atoms with Crippen molar-refractivity contribution in [1.29, 1.82) is 0 Å². The van der Waals surface area contributed by atoms with Crippen molar-refractivity contribution < 1.29 is 0 Å². The van der Waals surface area contributed by atoms with E-state index in [1.807, 2.05) is 6.20 Å². The molecule has 1 saturated heterocycles. The van der Waals surface area contributed by atoms with E-state index < -0.39 is 0 Å². The third-order valence-corrected chi connectivity index (χ3v) is 4.37. The van der Waals surface area contributed by atoms with Gasteiger partial charge in [0.2, 0.25) is 0 Å². The van der Waals surface area contributed by atoms with Gasteiger partial charge in [-0.2, -0.15) is 0 Å². The zero-order valence-electron chi connectivity index (χ0n) is 9.12. The topological polar surface area (TPSA) is 37.0 Å². The number of anilines is 1. The van der Waals surface area contributed by atoms with E-state index in [0.717, 1.165) is 17.7 Å². The van der Waals surface area contributed by atoms with Crippen LogP contribution in [-0.2, 0) is 0 Å². The molecule has 1 saturated carbocycles. The fraction of sp³-hybridized carbons (Fsp3) is 0.583. The minimum absolute atomic E-state index is 0.629. The van der Waals surface area contributed by atoms with Crippen LogP contribution in [0, 0.1) is 15.4 Å². The Hall–Kier alpha value is -0.360. The van der Waals surface area contributed by atoms with Crippen molar-refractivity contribution in [2.75, 3.05) is 18.4 Å². The number of hydrogen-bond acceptors (Lipinski definition) is 3. The largest absolute Gasteiger partial charge is 0.367 e. The lowest BCUT2D eigenvalue weighted by Gasteiger charge is -2.14. The monoisotopic (exact) mass is 329 g/mol. The van der Waals surface area contributed by atoms with Crippen LogP contribution in [0.15, 0.2) is 18.3 Å². The molecule has 3 rings (SSSR count). The molecule has 0 aromatic carbocycles. The Morgan fingerprint density at radius 3 is 2.62 bits per heavy atom. The van der Waals surface area contributed by atoms with E-state index in [9.17, 15) is 0 Å². The zero-order chi connectivity index (χ0) is 11.0. The van der Waals surface area contributed by atoms with Crippen LogP contribution in [0.1, 0.15) is 12.8 Å². The maximum atomic E-state index is 4.40. The number of nitrogens with zero attached hydrogens (tertiary/aromatic N) is 1. The van der Waals surface area contributed by atoms with Crippen LogP contribution in [0.5, 0.6) is 0 Å². The van der Waals surface area contributed by atoms with Crippen molar-refractivity contribution >= 4 is 28.4 Å². The standard InChI is InChI=1S/C12H16IN3/c13-10-1-2-12(15-7-10)16-11-3-8-5-14-6-9(8)4-11/h1-2,7-9,11,14H,3-6H2,(H,15,16)/t8-,9+,11+. The number of hydrogen-bond donors (Lipinski definition) is 2. The Bertz CT molecular complexity index is 353. The number of aromatic nitrogens is 1. The van der Waals surface area contributed by atoms with E-state index in [1.165, 1.54) is 29.5 Å². The summed E-state index contributed by atoms with van der Waals surface area (Å²) in [6.07, 6.45) is 4.51. The molecule has 86 valence electrons. The van der Waals surface area contributed by atoms with Crippen molar-refractivity contribution in [2.45, 2.75) is 18.9 Å². The third-order valence-electron chi connectivity index (χ3n) is 3.73. The second kappa shape index (κ2) is 4.49. The van der Waals surface area contributed by atoms with Crippen molar-refractivity contribution in [3.8, 4) is 0 Å². The number of pyridine rings is 1. The van der Waals surface area contributed by atoms with Crippen molar-refractivity contribution in [1.82, 2.24) is 10.3 Å². The van der Waals surface area contributed by atoms with Crippen LogP contribution in [0.2, 0.25) is 0 Å². The molecular weight excluding hydrogens is 313 g/mol. The molecule has 1 aliphatic heterocycles. The first-order valence-electron chi connectivity index (χ1n) is 5.90. The lowest BCUT2D eigenvalue weighted by atomic mass is 10.0. The lowest BCUT2D eigenvalue weighted by Crippen LogP contribution is -2.20. The zero-order valence-corrected chi connectivity index (χ0v) is 11.3. The molecule has 1 aromatic rings. The SMILES string of the molecule is Ic1ccc(N[C@@H]2C[C@H]3CNC[C@H]3C2)nc1. The summed E-state index contributed by atoms with van der Waals surface area (Å²) in [7, 11) is 0. The minimum Gasteiger partial charge on any atom is -0.367 e. The van der Waals surface area contributed by atoms with E-state index in [-0.39, 0.29) is 0 Å². The fourth-order valence-corrected chi connectivity index (χ4v) is 3.27. The van der Waals surface area contributed by atoms with Gasteiger partial charge in [-0.15, -0.1) is 0 Å². The molecule has 0 spiro atoms. The lowest BCUT2D eigenvalue weighted by molar-refractivity contribution is 0.494. The smallest absolute Gasteiger partial charge is 0.126 e. The quantitative estimate of drug-likeness (QED) is 0.816. The first-order valence-corrected chi connectivity index (χ1v) is 6.98. The summed E-state index contributed by atoms with van der Waals surface area (Å²) in [4.78, 5) is 4.40. The molecule has 3 nitrogen and oxygen atoms in total. The fourth-order valence-electron chi connectivity index (χ4n) is 2.95. The molecule has 1 aromatic heterocycles. The molecule has 0 unspecified atom stereocenters. The van der Waals surface area contributed by atoms with Crippen LogP contribution in [0.25, 0.3) is 0 Å². The number of fused-ring (bicyclic) bond motifs is 1. The molecule has 0 amide bonds. The van der Waals surface area contributed by atoms with Gasteiger partial charge in [-0.25, -0.2) is 4.98 Å². The van der Waals surface area contributed by atoms with E-state index in [2.05, 4.69) is 50.3 Å². The Morgan fingerprint density at radius 2 is 2.00 bits per heavy atom. The van der Waals surface area contributed by atoms with Crippen LogP contribution in [0.3, 0.4) is 0 Å². The summed E-state index contributed by atoms with van der Waals surface area (Å²) < 4.78 is 1.19. The average molecular weight is 329 g/mol. The van der Waals surface area contributed by atoms with E-state index in [0.29, 0.717) is 6.04 Å². The maximum Gasteiger partial charge on any atom is 0.126 e. The van der Waals surface area contributed by atoms with Gasteiger partial charge in [0.15, 0.2) is 0 Å². The highest BCUT2D eigenvalue weighted by molar-refractivity contribution is 14.1. The average Bonchev–Trinajstić information content (AvgIpc) is 2.81. The first kappa shape index (κ1) is 10.8. The van der Waals surface area contributed by atoms with Crippen molar-refractivity contribution in [3.05, 3.63) is 21.9 Å². The second-order valence-electron chi connectivity index (χ2n) is 4.85. The van der Waals surface area contributed by atoms with Gasteiger partial charge in [0.1, 0.15) is 5.82 Å². The highest BCUT2D eigenvalue weighted by Gasteiger charge is 2.37. The summed E-state index contributed by atoms with van der Waals surface area (Å²) in [5.41, 5.74) is 0. The molecule has 1 aliphatic carbocycles. The molecule has 16 heavy (non-hydrogen) atoms. The third kappa shape index (κ3) is 2.18. The summed E-state index contributed by atoms with van der Waals surface area (Å²) in [6, 6.07) is 4.81. The summed E-state index contributed by atoms with van der Waals surface area (Å²) >= 11 is 2.28. The van der Waals surface area contributed by atoms with E-state index in [4.69, 9.17) is 0 Å². The van der Waals surface area contributed by atoms with Gasteiger partial charge in [0.05, 0.1) is 0 Å². The van der Waals surface area contributed by atoms with Gasteiger partial charge in [-0.3, -0.25) is 0 Å². The highest BCUT2D eigenvalue weighted by Crippen LogP contribution is 2.35. The Balaban J connectivity index is 1.62. The molecule has 4 heteroatoms. The minimum atomic E-state index is 0.629. The van der Waals surface area contributed by atoms with Gasteiger partial charge < -0.3 is 10.6 Å². The Kier molecular flexibility index (Phi) is 3.02. The number of nitrogens with one attached hydrogen (secondary N) is 2. The Labute approximate surface area is 110 Å². The van der Waals surface area contributed by atoms with Crippen LogP contribution in [-0.4, -0.2) is 24.1 Å². The molecule has 2 heterocycles. The van der Waals surface area contributed by atoms with Crippen LogP contribution in [0.4, 0.5) is 5.82 Å². The number of rotatable bonds is 2. The van der Waals surface area contributed by atoms with Crippen molar-refractivity contribution in [3.63, 3.8) is 0 Å². The van der Waals surface area contributed by atoms with Crippen LogP contribution < -0.4 is 10.6 Å². The molecule has 3 atom stereocenters. The first-order chi connectivity index (χ1) is 7.81. The maximum absolute atomic E-state index is 4.40. The molecule has 0 bridgehead atoms. The van der Waals surface area contributed by atoms with E-state index >= 15 is 0 Å². The molecule has 2 fully saturated rings. The van der Waals surface area contributed by atoms with Gasteiger partial charge in [0, 0.05) is 15.8 Å². The summed E-state index contributed by atoms with van der Waals surface area (Å²) in [5, 5.41) is 7.03. The normalized spacial score (nSPS) is 32.7.